The van der Waals surface area contributed by atoms with Gasteiger partial charge in [0.1, 0.15) is 4.90 Å². The Morgan fingerprint density at radius 2 is 2.00 bits per heavy atom. The zero-order valence-corrected chi connectivity index (χ0v) is 8.26. The Morgan fingerprint density at radius 3 is 2.54 bits per heavy atom. The first-order valence-electron chi connectivity index (χ1n) is 3.65. The van der Waals surface area contributed by atoms with Gasteiger partial charge in [0.15, 0.2) is 0 Å². The van der Waals surface area contributed by atoms with Gasteiger partial charge in [-0.15, -0.1) is 0 Å². The molecule has 0 aromatic heterocycles. The first-order valence-corrected chi connectivity index (χ1v) is 5.05. The van der Waals surface area contributed by atoms with Gasteiger partial charge in [-0.1, -0.05) is 12.1 Å². The van der Waals surface area contributed by atoms with Gasteiger partial charge in [0.2, 0.25) is 0 Å². The first kappa shape index (κ1) is 10.0. The fourth-order valence-electron chi connectivity index (χ4n) is 0.962. The van der Waals surface area contributed by atoms with E-state index in [2.05, 4.69) is 4.18 Å². The Bertz CT molecular complexity index is 411. The number of benzene rings is 1. The van der Waals surface area contributed by atoms with E-state index in [9.17, 15) is 8.42 Å². The van der Waals surface area contributed by atoms with Crippen LogP contribution in [0.5, 0.6) is 0 Å². The molecule has 0 saturated heterocycles. The summed E-state index contributed by atoms with van der Waals surface area (Å²) in [4.78, 5) is 0.0231. The second kappa shape index (κ2) is 3.35. The second-order valence-corrected chi connectivity index (χ2v) is 4.29. The molecule has 0 bridgehead atoms. The highest BCUT2D eigenvalue weighted by Gasteiger charge is 2.16. The van der Waals surface area contributed by atoms with Gasteiger partial charge in [-0.05, 0) is 18.6 Å². The number of hydrogen-bond acceptors (Lipinski definition) is 4. The van der Waals surface area contributed by atoms with Crippen LogP contribution in [0.4, 0.5) is 5.69 Å². The van der Waals surface area contributed by atoms with Crippen LogP contribution < -0.4 is 5.73 Å². The summed E-state index contributed by atoms with van der Waals surface area (Å²) in [6.45, 7) is 1.74. The number of anilines is 1. The Morgan fingerprint density at radius 1 is 1.38 bits per heavy atom. The van der Waals surface area contributed by atoms with Crippen LogP contribution in [0.3, 0.4) is 0 Å². The van der Waals surface area contributed by atoms with E-state index in [4.69, 9.17) is 5.73 Å². The molecule has 0 heterocycles. The molecule has 13 heavy (non-hydrogen) atoms. The van der Waals surface area contributed by atoms with Gasteiger partial charge >= 0.3 is 0 Å². The molecule has 1 aromatic carbocycles. The highest BCUT2D eigenvalue weighted by atomic mass is 32.2. The average molecular weight is 201 g/mol. The molecule has 0 aliphatic rings. The summed E-state index contributed by atoms with van der Waals surface area (Å²) >= 11 is 0. The van der Waals surface area contributed by atoms with Crippen molar-refractivity contribution in [3.05, 3.63) is 23.8 Å². The van der Waals surface area contributed by atoms with E-state index in [1.54, 1.807) is 19.1 Å². The molecule has 0 fully saturated rings. The van der Waals surface area contributed by atoms with Crippen LogP contribution in [0.2, 0.25) is 0 Å². The van der Waals surface area contributed by atoms with Crippen LogP contribution in [0.25, 0.3) is 0 Å². The van der Waals surface area contributed by atoms with Gasteiger partial charge in [0.05, 0.1) is 12.8 Å². The van der Waals surface area contributed by atoms with Gasteiger partial charge in [-0.25, -0.2) is 0 Å². The molecule has 0 spiro atoms. The standard InChI is InChI=1S/C8H11NO3S/c1-6-4-3-5-7(8(6)9)13(10,11)12-2/h3-5H,9H2,1-2H3. The van der Waals surface area contributed by atoms with Crippen LogP contribution in [0, 0.1) is 6.92 Å². The van der Waals surface area contributed by atoms with Gasteiger partial charge in [-0.3, -0.25) is 4.18 Å². The van der Waals surface area contributed by atoms with Crippen molar-refractivity contribution in [3.8, 4) is 0 Å². The normalized spacial score (nSPS) is 11.5. The predicted molar refractivity (Wildman–Crippen MR) is 49.8 cm³/mol. The number of rotatable bonds is 2. The van der Waals surface area contributed by atoms with E-state index < -0.39 is 10.1 Å². The van der Waals surface area contributed by atoms with Gasteiger partial charge in [-0.2, -0.15) is 8.42 Å². The third kappa shape index (κ3) is 1.81. The summed E-state index contributed by atoms with van der Waals surface area (Å²) in [5, 5.41) is 0. The zero-order chi connectivity index (χ0) is 10.1. The highest BCUT2D eigenvalue weighted by molar-refractivity contribution is 7.87. The van der Waals surface area contributed by atoms with E-state index in [0.29, 0.717) is 0 Å². The Labute approximate surface area is 77.4 Å². The molecule has 1 aromatic rings. The fraction of sp³-hybridized carbons (Fsp3) is 0.250. The van der Waals surface area contributed by atoms with E-state index in [1.165, 1.54) is 6.07 Å². The van der Waals surface area contributed by atoms with E-state index in [0.717, 1.165) is 12.7 Å². The molecule has 72 valence electrons. The van der Waals surface area contributed by atoms with Crippen molar-refractivity contribution >= 4 is 15.8 Å². The second-order valence-electron chi connectivity index (χ2n) is 2.61. The Hall–Kier alpha value is -1.07. The molecule has 0 saturated carbocycles. The van der Waals surface area contributed by atoms with Crippen molar-refractivity contribution in [2.24, 2.45) is 0 Å². The van der Waals surface area contributed by atoms with Crippen LogP contribution >= 0.6 is 0 Å². The van der Waals surface area contributed by atoms with Crippen molar-refractivity contribution in [3.63, 3.8) is 0 Å². The van der Waals surface area contributed by atoms with Crippen molar-refractivity contribution in [2.45, 2.75) is 11.8 Å². The summed E-state index contributed by atoms with van der Waals surface area (Å²) in [7, 11) is -2.57. The van der Waals surface area contributed by atoms with Crippen molar-refractivity contribution in [1.82, 2.24) is 0 Å². The van der Waals surface area contributed by atoms with Crippen LogP contribution in [0.15, 0.2) is 23.1 Å². The maximum Gasteiger partial charge on any atom is 0.298 e. The predicted octanol–water partition coefficient (Wildman–Crippen LogP) is 0.912. The van der Waals surface area contributed by atoms with E-state index in [-0.39, 0.29) is 10.6 Å². The zero-order valence-electron chi connectivity index (χ0n) is 7.44. The average Bonchev–Trinajstić information content (AvgIpc) is 2.09. The molecular formula is C8H11NO3S. The van der Waals surface area contributed by atoms with Crippen LogP contribution in [-0.4, -0.2) is 15.5 Å². The quantitative estimate of drug-likeness (QED) is 0.570. The molecule has 2 N–H and O–H groups in total. The minimum Gasteiger partial charge on any atom is -0.397 e. The summed E-state index contributed by atoms with van der Waals surface area (Å²) in [5.74, 6) is 0. The van der Waals surface area contributed by atoms with Crippen LogP contribution in [-0.2, 0) is 14.3 Å². The highest BCUT2D eigenvalue weighted by Crippen LogP contribution is 2.22. The number of nitrogens with two attached hydrogens (primary N) is 1. The number of hydrogen-bond donors (Lipinski definition) is 1. The van der Waals surface area contributed by atoms with E-state index in [1.807, 2.05) is 0 Å². The summed E-state index contributed by atoms with van der Waals surface area (Å²) in [6.07, 6.45) is 0. The molecule has 0 aliphatic carbocycles. The number of aryl methyl sites for hydroxylation is 1. The summed E-state index contributed by atoms with van der Waals surface area (Å²) < 4.78 is 26.9. The summed E-state index contributed by atoms with van der Waals surface area (Å²) in [5.41, 5.74) is 6.55. The molecule has 0 amide bonds. The SMILES string of the molecule is COS(=O)(=O)c1cccc(C)c1N. The number of nitrogen functional groups attached to an aromatic ring is 1. The third-order valence-corrected chi connectivity index (χ3v) is 3.11. The topological polar surface area (TPSA) is 69.4 Å². The largest absolute Gasteiger partial charge is 0.397 e. The maximum absolute atomic E-state index is 11.3. The lowest BCUT2D eigenvalue weighted by molar-refractivity contribution is 0.398. The molecule has 0 atom stereocenters. The smallest absolute Gasteiger partial charge is 0.298 e. The first-order chi connectivity index (χ1) is 5.99. The monoisotopic (exact) mass is 201 g/mol. The van der Waals surface area contributed by atoms with Crippen molar-refractivity contribution in [2.75, 3.05) is 12.8 Å². The lowest BCUT2D eigenvalue weighted by Gasteiger charge is -2.06. The number of para-hydroxylation sites is 1. The van der Waals surface area contributed by atoms with E-state index >= 15 is 0 Å². The van der Waals surface area contributed by atoms with Crippen LogP contribution in [0.1, 0.15) is 5.56 Å². The Balaban J connectivity index is 3.40. The van der Waals surface area contributed by atoms with Gasteiger partial charge in [0.25, 0.3) is 10.1 Å². The minimum absolute atomic E-state index is 0.0231. The van der Waals surface area contributed by atoms with Crippen molar-refractivity contribution in [1.29, 1.82) is 0 Å². The molecular weight excluding hydrogens is 190 g/mol. The fourth-order valence-corrected chi connectivity index (χ4v) is 1.82. The van der Waals surface area contributed by atoms with Gasteiger partial charge in [0, 0.05) is 0 Å². The summed E-state index contributed by atoms with van der Waals surface area (Å²) in [6, 6.07) is 4.78. The molecule has 1 rings (SSSR count). The lowest BCUT2D eigenvalue weighted by atomic mass is 10.2. The molecule has 5 heteroatoms. The molecule has 4 nitrogen and oxygen atoms in total. The molecule has 0 radical (unpaired) electrons. The third-order valence-electron chi connectivity index (χ3n) is 1.77. The molecule has 0 unspecified atom stereocenters. The molecule has 0 aliphatic heterocycles. The lowest BCUT2D eigenvalue weighted by Crippen LogP contribution is -2.07. The maximum atomic E-state index is 11.3. The van der Waals surface area contributed by atoms with Crippen molar-refractivity contribution < 1.29 is 12.6 Å². The Kier molecular flexibility index (Phi) is 2.58. The van der Waals surface area contributed by atoms with Gasteiger partial charge < -0.3 is 5.73 Å². The minimum atomic E-state index is -3.68.